The van der Waals surface area contributed by atoms with E-state index in [1.54, 1.807) is 31.4 Å². The summed E-state index contributed by atoms with van der Waals surface area (Å²) in [6.45, 7) is 0.0931. The Kier molecular flexibility index (Phi) is 5.62. The van der Waals surface area contributed by atoms with Gasteiger partial charge in [0.2, 0.25) is 6.10 Å². The summed E-state index contributed by atoms with van der Waals surface area (Å²) in [5.74, 6) is 2.39. The Morgan fingerprint density at radius 1 is 1.09 bits per heavy atom. The first-order valence-electron chi connectivity index (χ1n) is 10.2. The van der Waals surface area contributed by atoms with Gasteiger partial charge in [-0.3, -0.25) is 4.79 Å². The van der Waals surface area contributed by atoms with Gasteiger partial charge in [0.15, 0.2) is 11.5 Å². The van der Waals surface area contributed by atoms with Gasteiger partial charge in [0.05, 0.1) is 18.3 Å². The Balaban J connectivity index is 1.22. The van der Waals surface area contributed by atoms with E-state index in [1.165, 1.54) is 6.21 Å². The number of nitrogens with zero attached hydrogens (tertiary/aromatic N) is 1. The van der Waals surface area contributed by atoms with E-state index >= 15 is 0 Å². The smallest absolute Gasteiger partial charge is 0.284 e. The minimum atomic E-state index is -0.815. The lowest BCUT2D eigenvalue weighted by Crippen LogP contribution is -2.42. The number of nitrogens with one attached hydrogen (secondary N) is 1. The molecular formula is C25H19ClN2O5. The van der Waals surface area contributed by atoms with Crippen molar-refractivity contribution < 1.29 is 23.4 Å². The first kappa shape index (κ1) is 20.9. The molecule has 3 aromatic carbocycles. The molecule has 0 fully saturated rings. The number of halogens is 1. The van der Waals surface area contributed by atoms with E-state index in [0.29, 0.717) is 33.8 Å². The van der Waals surface area contributed by atoms with Crippen LogP contribution in [0.5, 0.6) is 17.2 Å². The third-order valence-corrected chi connectivity index (χ3v) is 5.49. The maximum Gasteiger partial charge on any atom is 0.284 e. The minimum absolute atomic E-state index is 0.0931. The van der Waals surface area contributed by atoms with Crippen LogP contribution < -0.4 is 19.6 Å². The van der Waals surface area contributed by atoms with Crippen molar-refractivity contribution in [1.29, 1.82) is 0 Å². The minimum Gasteiger partial charge on any atom is -0.495 e. The van der Waals surface area contributed by atoms with Crippen molar-refractivity contribution in [3.8, 4) is 28.6 Å². The number of amides is 1. The molecule has 4 aromatic rings. The first-order chi connectivity index (χ1) is 16.1. The van der Waals surface area contributed by atoms with Gasteiger partial charge in [-0.25, -0.2) is 5.43 Å². The van der Waals surface area contributed by atoms with Crippen molar-refractivity contribution in [2.75, 3.05) is 13.7 Å². The number of furan rings is 1. The number of ether oxygens (including phenoxy) is 3. The second-order valence-electron chi connectivity index (χ2n) is 7.35. The van der Waals surface area contributed by atoms with E-state index < -0.39 is 12.0 Å². The van der Waals surface area contributed by atoms with Crippen molar-refractivity contribution >= 4 is 34.5 Å². The van der Waals surface area contributed by atoms with Gasteiger partial charge in [0.1, 0.15) is 23.9 Å². The van der Waals surface area contributed by atoms with Gasteiger partial charge < -0.3 is 18.6 Å². The molecule has 0 bridgehead atoms. The summed E-state index contributed by atoms with van der Waals surface area (Å²) >= 11 is 6.18. The lowest BCUT2D eigenvalue weighted by molar-refractivity contribution is -0.130. The molecule has 1 N–H and O–H groups in total. The number of benzene rings is 3. The number of hydrazone groups is 1. The number of methoxy groups -OCH3 is 1. The lowest BCUT2D eigenvalue weighted by Gasteiger charge is -2.25. The summed E-state index contributed by atoms with van der Waals surface area (Å²) in [4.78, 5) is 12.5. The molecule has 0 radical (unpaired) electrons. The Labute approximate surface area is 194 Å². The van der Waals surface area contributed by atoms with Crippen LogP contribution in [0.15, 0.2) is 76.2 Å². The standard InChI is InChI=1S/C25H19ClN2O5/c1-30-21-8-6-17(10-19(21)26)20-9-7-18(32-20)13-27-28-25(29)24-14-31-22-11-15-4-2-3-5-16(15)12-23(22)33-24/h2-13,24H,14H2,1H3,(H,28,29)/b27-13-. The summed E-state index contributed by atoms with van der Waals surface area (Å²) in [5, 5.41) is 6.51. The van der Waals surface area contributed by atoms with Gasteiger partial charge in [0, 0.05) is 5.56 Å². The van der Waals surface area contributed by atoms with Crippen LogP contribution in [0.1, 0.15) is 5.76 Å². The molecule has 0 spiro atoms. The van der Waals surface area contributed by atoms with Crippen LogP contribution in [0.3, 0.4) is 0 Å². The maximum absolute atomic E-state index is 12.5. The van der Waals surface area contributed by atoms with Crippen LogP contribution >= 0.6 is 11.6 Å². The Hall–Kier alpha value is -3.97. The van der Waals surface area contributed by atoms with Crippen LogP contribution in [0.4, 0.5) is 0 Å². The van der Waals surface area contributed by atoms with E-state index in [1.807, 2.05) is 42.5 Å². The quantitative estimate of drug-likeness (QED) is 0.331. The third kappa shape index (κ3) is 4.36. The third-order valence-electron chi connectivity index (χ3n) is 5.19. The maximum atomic E-state index is 12.5. The fraction of sp³-hybridized carbons (Fsp3) is 0.120. The largest absolute Gasteiger partial charge is 0.495 e. The van der Waals surface area contributed by atoms with Gasteiger partial charge >= 0.3 is 0 Å². The highest BCUT2D eigenvalue weighted by Gasteiger charge is 2.27. The van der Waals surface area contributed by atoms with Crippen LogP contribution in [0.2, 0.25) is 5.02 Å². The van der Waals surface area contributed by atoms with Gasteiger partial charge in [-0.05, 0) is 53.2 Å². The van der Waals surface area contributed by atoms with Gasteiger partial charge in [-0.2, -0.15) is 5.10 Å². The molecule has 1 amide bonds. The summed E-state index contributed by atoms with van der Waals surface area (Å²) in [6.07, 6.45) is 0.599. The van der Waals surface area contributed by atoms with E-state index in [4.69, 9.17) is 30.2 Å². The number of hydrogen-bond acceptors (Lipinski definition) is 6. The summed E-state index contributed by atoms with van der Waals surface area (Å²) in [6, 6.07) is 20.5. The lowest BCUT2D eigenvalue weighted by atomic mass is 10.1. The number of fused-ring (bicyclic) bond motifs is 2. The highest BCUT2D eigenvalue weighted by molar-refractivity contribution is 6.32. The zero-order chi connectivity index (χ0) is 22.8. The van der Waals surface area contributed by atoms with Gasteiger partial charge in [-0.1, -0.05) is 35.9 Å². The van der Waals surface area contributed by atoms with E-state index in [0.717, 1.165) is 16.3 Å². The van der Waals surface area contributed by atoms with Crippen LogP contribution in [-0.2, 0) is 4.79 Å². The molecule has 1 aromatic heterocycles. The molecule has 5 rings (SSSR count). The van der Waals surface area contributed by atoms with E-state index in [-0.39, 0.29) is 6.61 Å². The topological polar surface area (TPSA) is 82.3 Å². The second kappa shape index (κ2) is 8.88. The molecule has 8 heteroatoms. The molecule has 7 nitrogen and oxygen atoms in total. The fourth-order valence-electron chi connectivity index (χ4n) is 3.51. The SMILES string of the molecule is COc1ccc(-c2ccc(/C=N\NC(=O)C3COc4cc5ccccc5cc4O3)o2)cc1Cl. The number of rotatable bonds is 5. The normalized spacial score (nSPS) is 15.0. The zero-order valence-corrected chi connectivity index (χ0v) is 18.3. The highest BCUT2D eigenvalue weighted by Crippen LogP contribution is 2.36. The number of carbonyl (C=O) groups excluding carboxylic acids is 1. The average molecular weight is 463 g/mol. The van der Waals surface area contributed by atoms with Crippen LogP contribution in [-0.4, -0.2) is 31.9 Å². The summed E-state index contributed by atoms with van der Waals surface area (Å²) in [7, 11) is 1.56. The molecule has 0 saturated carbocycles. The molecule has 0 aliphatic carbocycles. The number of hydrogen-bond donors (Lipinski definition) is 1. The molecular weight excluding hydrogens is 444 g/mol. The zero-order valence-electron chi connectivity index (χ0n) is 17.6. The van der Waals surface area contributed by atoms with Gasteiger partial charge in [0.25, 0.3) is 5.91 Å². The molecule has 1 atom stereocenters. The predicted octanol–water partition coefficient (Wildman–Crippen LogP) is 5.05. The van der Waals surface area contributed by atoms with Crippen molar-refractivity contribution in [3.63, 3.8) is 0 Å². The van der Waals surface area contributed by atoms with Crippen molar-refractivity contribution in [3.05, 3.63) is 77.5 Å². The van der Waals surface area contributed by atoms with Crippen molar-refractivity contribution in [2.45, 2.75) is 6.10 Å². The Morgan fingerprint density at radius 3 is 2.64 bits per heavy atom. The average Bonchev–Trinajstić information content (AvgIpc) is 3.31. The Morgan fingerprint density at radius 2 is 1.88 bits per heavy atom. The molecule has 1 unspecified atom stereocenters. The molecule has 2 heterocycles. The first-order valence-corrected chi connectivity index (χ1v) is 10.6. The fourth-order valence-corrected chi connectivity index (χ4v) is 3.77. The van der Waals surface area contributed by atoms with Crippen molar-refractivity contribution in [2.24, 2.45) is 5.10 Å². The molecule has 166 valence electrons. The van der Waals surface area contributed by atoms with Crippen LogP contribution in [0.25, 0.3) is 22.1 Å². The van der Waals surface area contributed by atoms with Gasteiger partial charge in [-0.15, -0.1) is 0 Å². The van der Waals surface area contributed by atoms with Crippen LogP contribution in [0, 0.1) is 0 Å². The van der Waals surface area contributed by atoms with E-state index in [9.17, 15) is 4.79 Å². The summed E-state index contributed by atoms with van der Waals surface area (Å²) in [5.41, 5.74) is 3.26. The highest BCUT2D eigenvalue weighted by atomic mass is 35.5. The molecule has 33 heavy (non-hydrogen) atoms. The second-order valence-corrected chi connectivity index (χ2v) is 7.76. The summed E-state index contributed by atoms with van der Waals surface area (Å²) < 4.78 is 22.5. The van der Waals surface area contributed by atoms with E-state index in [2.05, 4.69) is 10.5 Å². The number of carbonyl (C=O) groups is 1. The van der Waals surface area contributed by atoms with Crippen molar-refractivity contribution in [1.82, 2.24) is 5.43 Å². The molecule has 0 saturated heterocycles. The Bertz CT molecular complexity index is 1360. The molecule has 1 aliphatic heterocycles. The monoisotopic (exact) mass is 462 g/mol. The molecule has 1 aliphatic rings. The predicted molar refractivity (Wildman–Crippen MR) is 125 cm³/mol.